The SMILES string of the molecule is O=C1C2CCC(O2)C(=O)N1[C@@H](CO)Cc1ccccc1. The van der Waals surface area contributed by atoms with Gasteiger partial charge in [-0.3, -0.25) is 14.5 Å². The van der Waals surface area contributed by atoms with E-state index in [1.165, 1.54) is 4.90 Å². The molecule has 0 saturated carbocycles. The molecule has 3 atom stereocenters. The van der Waals surface area contributed by atoms with Gasteiger partial charge < -0.3 is 9.84 Å². The van der Waals surface area contributed by atoms with E-state index in [4.69, 9.17) is 4.74 Å². The van der Waals surface area contributed by atoms with Crippen molar-refractivity contribution in [3.05, 3.63) is 35.9 Å². The molecule has 2 bridgehead atoms. The van der Waals surface area contributed by atoms with E-state index in [1.807, 2.05) is 30.3 Å². The average molecular weight is 275 g/mol. The third-order valence-corrected chi connectivity index (χ3v) is 3.94. The van der Waals surface area contributed by atoms with Gasteiger partial charge in [-0.05, 0) is 24.8 Å². The molecule has 0 radical (unpaired) electrons. The van der Waals surface area contributed by atoms with E-state index in [9.17, 15) is 14.7 Å². The molecule has 2 saturated heterocycles. The van der Waals surface area contributed by atoms with Gasteiger partial charge in [0.05, 0.1) is 12.6 Å². The largest absolute Gasteiger partial charge is 0.394 e. The van der Waals surface area contributed by atoms with Crippen LogP contribution in [-0.2, 0) is 20.7 Å². The molecule has 0 aliphatic carbocycles. The first-order valence-corrected chi connectivity index (χ1v) is 6.88. The molecule has 3 rings (SSSR count). The Morgan fingerprint density at radius 3 is 2.30 bits per heavy atom. The molecular weight excluding hydrogens is 258 g/mol. The summed E-state index contributed by atoms with van der Waals surface area (Å²) in [5, 5.41) is 9.58. The fraction of sp³-hybridized carbons (Fsp3) is 0.467. The van der Waals surface area contributed by atoms with Crippen molar-refractivity contribution in [2.75, 3.05) is 6.61 Å². The lowest BCUT2D eigenvalue weighted by Crippen LogP contribution is -2.57. The molecule has 0 aromatic heterocycles. The lowest BCUT2D eigenvalue weighted by molar-refractivity contribution is -0.172. The number of benzene rings is 1. The quantitative estimate of drug-likeness (QED) is 0.813. The Labute approximate surface area is 117 Å². The maximum atomic E-state index is 12.3. The predicted octanol–water partition coefficient (Wildman–Crippen LogP) is 0.506. The van der Waals surface area contributed by atoms with Gasteiger partial charge in [-0.15, -0.1) is 0 Å². The molecule has 5 heteroatoms. The molecule has 2 aliphatic rings. The van der Waals surface area contributed by atoms with Gasteiger partial charge >= 0.3 is 0 Å². The summed E-state index contributed by atoms with van der Waals surface area (Å²) in [6.07, 6.45) is 0.628. The van der Waals surface area contributed by atoms with Crippen LogP contribution in [0.2, 0.25) is 0 Å². The number of morpholine rings is 1. The number of hydrogen-bond acceptors (Lipinski definition) is 4. The molecule has 2 aliphatic heterocycles. The number of likely N-dealkylation sites (tertiary alicyclic amines) is 1. The number of amides is 2. The molecule has 0 spiro atoms. The number of hydrogen-bond donors (Lipinski definition) is 1. The molecule has 2 heterocycles. The van der Waals surface area contributed by atoms with Gasteiger partial charge in [-0.25, -0.2) is 0 Å². The maximum Gasteiger partial charge on any atom is 0.258 e. The number of rotatable bonds is 4. The number of carbonyl (C=O) groups excluding carboxylic acids is 2. The predicted molar refractivity (Wildman–Crippen MR) is 70.8 cm³/mol. The number of nitrogens with zero attached hydrogens (tertiary/aromatic N) is 1. The number of ether oxygens (including phenoxy) is 1. The highest BCUT2D eigenvalue weighted by atomic mass is 16.5. The summed E-state index contributed by atoms with van der Waals surface area (Å²) in [7, 11) is 0. The van der Waals surface area contributed by atoms with Crippen molar-refractivity contribution in [3.63, 3.8) is 0 Å². The minimum absolute atomic E-state index is 0.230. The fourth-order valence-corrected chi connectivity index (χ4v) is 2.90. The van der Waals surface area contributed by atoms with E-state index >= 15 is 0 Å². The van der Waals surface area contributed by atoms with Crippen molar-refractivity contribution in [2.45, 2.75) is 37.5 Å². The van der Waals surface area contributed by atoms with Gasteiger partial charge in [-0.1, -0.05) is 30.3 Å². The summed E-state index contributed by atoms with van der Waals surface area (Å²) < 4.78 is 5.37. The second-order valence-electron chi connectivity index (χ2n) is 5.26. The van der Waals surface area contributed by atoms with E-state index in [2.05, 4.69) is 0 Å². The summed E-state index contributed by atoms with van der Waals surface area (Å²) in [5.41, 5.74) is 0.992. The van der Waals surface area contributed by atoms with E-state index < -0.39 is 18.2 Å². The third-order valence-electron chi connectivity index (χ3n) is 3.94. The van der Waals surface area contributed by atoms with Crippen molar-refractivity contribution in [1.29, 1.82) is 0 Å². The highest BCUT2D eigenvalue weighted by molar-refractivity contribution is 6.02. The Morgan fingerprint density at radius 1 is 1.15 bits per heavy atom. The first-order chi connectivity index (χ1) is 9.70. The highest BCUT2D eigenvalue weighted by Gasteiger charge is 2.48. The van der Waals surface area contributed by atoms with Crippen molar-refractivity contribution in [2.24, 2.45) is 0 Å². The monoisotopic (exact) mass is 275 g/mol. The Kier molecular flexibility index (Phi) is 3.54. The van der Waals surface area contributed by atoms with Crippen LogP contribution in [0.15, 0.2) is 30.3 Å². The van der Waals surface area contributed by atoms with E-state index in [0.29, 0.717) is 19.3 Å². The van der Waals surface area contributed by atoms with Gasteiger partial charge in [0.15, 0.2) is 0 Å². The van der Waals surface area contributed by atoms with Crippen LogP contribution < -0.4 is 0 Å². The summed E-state index contributed by atoms with van der Waals surface area (Å²) in [6, 6.07) is 9.04. The topological polar surface area (TPSA) is 66.8 Å². The number of fused-ring (bicyclic) bond motifs is 2. The third kappa shape index (κ3) is 2.23. The van der Waals surface area contributed by atoms with Gasteiger partial charge in [0.1, 0.15) is 12.2 Å². The van der Waals surface area contributed by atoms with E-state index in [0.717, 1.165) is 5.56 Å². The molecule has 20 heavy (non-hydrogen) atoms. The fourth-order valence-electron chi connectivity index (χ4n) is 2.90. The standard InChI is InChI=1S/C15H17NO4/c17-9-11(8-10-4-2-1-3-5-10)16-14(18)12-6-7-13(20-12)15(16)19/h1-5,11-13,17H,6-9H2/t11-,12?,13?/m1/s1. The molecule has 1 N–H and O–H groups in total. The first-order valence-electron chi connectivity index (χ1n) is 6.88. The van der Waals surface area contributed by atoms with Crippen LogP contribution in [0, 0.1) is 0 Å². The molecule has 2 unspecified atom stereocenters. The van der Waals surface area contributed by atoms with Crippen LogP contribution in [0.3, 0.4) is 0 Å². The van der Waals surface area contributed by atoms with Gasteiger partial charge in [0.25, 0.3) is 11.8 Å². The maximum absolute atomic E-state index is 12.3. The summed E-state index contributed by atoms with van der Waals surface area (Å²) in [6.45, 7) is -0.230. The van der Waals surface area contributed by atoms with Crippen LogP contribution in [-0.4, -0.2) is 46.7 Å². The van der Waals surface area contributed by atoms with Crippen LogP contribution in [0.5, 0.6) is 0 Å². The second kappa shape index (κ2) is 5.34. The van der Waals surface area contributed by atoms with Crippen LogP contribution in [0.25, 0.3) is 0 Å². The molecule has 2 amide bonds. The van der Waals surface area contributed by atoms with E-state index in [1.54, 1.807) is 0 Å². The van der Waals surface area contributed by atoms with E-state index in [-0.39, 0.29) is 18.4 Å². The molecule has 2 fully saturated rings. The lowest BCUT2D eigenvalue weighted by atomic mass is 10.0. The van der Waals surface area contributed by atoms with Crippen molar-refractivity contribution in [1.82, 2.24) is 4.90 Å². The normalized spacial score (nSPS) is 26.9. The first kappa shape index (κ1) is 13.3. The average Bonchev–Trinajstić information content (AvgIpc) is 2.92. The van der Waals surface area contributed by atoms with Gasteiger partial charge in [-0.2, -0.15) is 0 Å². The van der Waals surface area contributed by atoms with Crippen LogP contribution in [0.1, 0.15) is 18.4 Å². The van der Waals surface area contributed by atoms with Gasteiger partial charge in [0.2, 0.25) is 0 Å². The highest BCUT2D eigenvalue weighted by Crippen LogP contribution is 2.30. The Morgan fingerprint density at radius 2 is 1.75 bits per heavy atom. The molecular formula is C15H17NO4. The zero-order valence-corrected chi connectivity index (χ0v) is 11.1. The second-order valence-corrected chi connectivity index (χ2v) is 5.26. The van der Waals surface area contributed by atoms with Crippen molar-refractivity contribution < 1.29 is 19.4 Å². The number of aliphatic hydroxyl groups is 1. The number of carbonyl (C=O) groups is 2. The zero-order valence-electron chi connectivity index (χ0n) is 11.1. The molecule has 1 aromatic carbocycles. The van der Waals surface area contributed by atoms with Gasteiger partial charge in [0, 0.05) is 0 Å². The Balaban J connectivity index is 1.81. The minimum Gasteiger partial charge on any atom is -0.394 e. The molecule has 106 valence electrons. The number of imide groups is 1. The van der Waals surface area contributed by atoms with Crippen molar-refractivity contribution >= 4 is 11.8 Å². The minimum atomic E-state index is -0.512. The van der Waals surface area contributed by atoms with Crippen LogP contribution in [0.4, 0.5) is 0 Å². The Bertz CT molecular complexity index is 494. The zero-order chi connectivity index (χ0) is 14.1. The molecule has 5 nitrogen and oxygen atoms in total. The Hall–Kier alpha value is -1.72. The van der Waals surface area contributed by atoms with Crippen LogP contribution >= 0.6 is 0 Å². The molecule has 1 aromatic rings. The number of aliphatic hydroxyl groups excluding tert-OH is 1. The van der Waals surface area contributed by atoms with Crippen molar-refractivity contribution in [3.8, 4) is 0 Å². The lowest BCUT2D eigenvalue weighted by Gasteiger charge is -2.35. The summed E-state index contributed by atoms with van der Waals surface area (Å²) in [4.78, 5) is 25.7. The summed E-state index contributed by atoms with van der Waals surface area (Å²) >= 11 is 0. The summed E-state index contributed by atoms with van der Waals surface area (Å²) in [5.74, 6) is -0.613. The smallest absolute Gasteiger partial charge is 0.258 e.